The van der Waals surface area contributed by atoms with Gasteiger partial charge in [-0.25, -0.2) is 13.4 Å². The molecule has 1 aromatic rings. The van der Waals surface area contributed by atoms with E-state index in [4.69, 9.17) is 0 Å². The largest absolute Gasteiger partial charge is 0.325 e. The molecule has 6 nitrogen and oxygen atoms in total. The molecular weight excluding hydrogens is 278 g/mol. The number of aromatic nitrogens is 1. The van der Waals surface area contributed by atoms with Crippen LogP contribution in [0.15, 0.2) is 23.4 Å². The van der Waals surface area contributed by atoms with Crippen molar-refractivity contribution in [3.63, 3.8) is 0 Å². The summed E-state index contributed by atoms with van der Waals surface area (Å²) in [5.41, 5.74) is 0.520. The van der Waals surface area contributed by atoms with Crippen LogP contribution in [0.2, 0.25) is 0 Å². The van der Waals surface area contributed by atoms with Gasteiger partial charge in [-0.05, 0) is 44.0 Å². The summed E-state index contributed by atoms with van der Waals surface area (Å²) in [6.07, 6.45) is 4.93. The van der Waals surface area contributed by atoms with Crippen molar-refractivity contribution >= 4 is 21.4 Å². The molecule has 1 atom stereocenters. The molecule has 2 heterocycles. The van der Waals surface area contributed by atoms with Crippen LogP contribution in [0.25, 0.3) is 0 Å². The third-order valence-corrected chi connectivity index (χ3v) is 4.34. The van der Waals surface area contributed by atoms with Crippen molar-refractivity contribution in [3.05, 3.63) is 18.3 Å². The lowest BCUT2D eigenvalue weighted by molar-refractivity contribution is -0.116. The van der Waals surface area contributed by atoms with E-state index in [1.54, 1.807) is 6.07 Å². The number of nitrogens with zero attached hydrogens (tertiary/aromatic N) is 1. The first-order valence-corrected chi connectivity index (χ1v) is 8.51. The maximum Gasteiger partial charge on any atom is 0.224 e. The number of hydrogen-bond donors (Lipinski definition) is 2. The summed E-state index contributed by atoms with van der Waals surface area (Å²) in [5, 5.41) is 6.00. The van der Waals surface area contributed by atoms with Crippen LogP contribution in [-0.2, 0) is 14.6 Å². The molecule has 1 aliphatic rings. The standard InChI is InChI=1S/C13H19N3O3S/c1-20(18,19)13-5-3-11(9-15-13)16-12(17)4-2-10-6-7-14-8-10/h3,5,9-10,14H,2,4,6-8H2,1H3,(H,16,17). The fourth-order valence-corrected chi connectivity index (χ4v) is 2.75. The summed E-state index contributed by atoms with van der Waals surface area (Å²) in [5.74, 6) is 0.511. The molecule has 1 amide bonds. The molecular formula is C13H19N3O3S. The van der Waals surface area contributed by atoms with Crippen LogP contribution in [0.3, 0.4) is 0 Å². The minimum atomic E-state index is -3.30. The fourth-order valence-electron chi connectivity index (χ4n) is 2.19. The number of hydrogen-bond acceptors (Lipinski definition) is 5. The summed E-state index contributed by atoms with van der Waals surface area (Å²) >= 11 is 0. The Kier molecular flexibility index (Phi) is 4.72. The molecule has 0 bridgehead atoms. The summed E-state index contributed by atoms with van der Waals surface area (Å²) < 4.78 is 22.5. The predicted molar refractivity (Wildman–Crippen MR) is 76.2 cm³/mol. The highest BCUT2D eigenvalue weighted by Crippen LogP contribution is 2.15. The van der Waals surface area contributed by atoms with Crippen molar-refractivity contribution in [3.8, 4) is 0 Å². The van der Waals surface area contributed by atoms with Gasteiger partial charge in [0.25, 0.3) is 0 Å². The van der Waals surface area contributed by atoms with Crippen LogP contribution in [0.1, 0.15) is 19.3 Å². The second-order valence-corrected chi connectivity index (χ2v) is 7.07. The molecule has 1 fully saturated rings. The number of sulfone groups is 1. The van der Waals surface area contributed by atoms with E-state index in [0.29, 0.717) is 18.0 Å². The topological polar surface area (TPSA) is 88.2 Å². The van der Waals surface area contributed by atoms with Crippen molar-refractivity contribution in [2.45, 2.75) is 24.3 Å². The van der Waals surface area contributed by atoms with Gasteiger partial charge in [0.2, 0.25) is 5.91 Å². The summed E-state index contributed by atoms with van der Waals surface area (Å²) in [6.45, 7) is 2.01. The third kappa shape index (κ3) is 4.28. The highest BCUT2D eigenvalue weighted by atomic mass is 32.2. The Balaban J connectivity index is 1.84. The molecule has 1 aromatic heterocycles. The van der Waals surface area contributed by atoms with Gasteiger partial charge in [0.15, 0.2) is 14.9 Å². The Bertz CT molecular complexity index is 563. The normalized spacial score (nSPS) is 18.9. The van der Waals surface area contributed by atoms with Gasteiger partial charge in [-0.15, -0.1) is 0 Å². The van der Waals surface area contributed by atoms with Crippen molar-refractivity contribution < 1.29 is 13.2 Å². The van der Waals surface area contributed by atoms with E-state index in [9.17, 15) is 13.2 Å². The van der Waals surface area contributed by atoms with Gasteiger partial charge in [0.1, 0.15) is 0 Å². The first-order valence-electron chi connectivity index (χ1n) is 6.62. The smallest absolute Gasteiger partial charge is 0.224 e. The Labute approximate surface area is 118 Å². The monoisotopic (exact) mass is 297 g/mol. The molecule has 2 N–H and O–H groups in total. The summed E-state index contributed by atoms with van der Waals surface area (Å²) in [4.78, 5) is 15.6. The third-order valence-electron chi connectivity index (χ3n) is 3.34. The second kappa shape index (κ2) is 6.32. The summed E-state index contributed by atoms with van der Waals surface area (Å²) in [7, 11) is -3.30. The lowest BCUT2D eigenvalue weighted by atomic mass is 10.0. The Morgan fingerprint density at radius 2 is 2.30 bits per heavy atom. The van der Waals surface area contributed by atoms with Crippen molar-refractivity contribution in [1.29, 1.82) is 0 Å². The molecule has 0 radical (unpaired) electrons. The van der Waals surface area contributed by atoms with E-state index in [2.05, 4.69) is 15.6 Å². The molecule has 0 aromatic carbocycles. The molecule has 1 unspecified atom stereocenters. The highest BCUT2D eigenvalue weighted by Gasteiger charge is 2.16. The van der Waals surface area contributed by atoms with Crippen LogP contribution < -0.4 is 10.6 Å². The minimum Gasteiger partial charge on any atom is -0.325 e. The zero-order valence-electron chi connectivity index (χ0n) is 11.4. The van der Waals surface area contributed by atoms with E-state index in [1.807, 2.05) is 0 Å². The number of nitrogens with one attached hydrogen (secondary N) is 2. The number of carbonyl (C=O) groups is 1. The first kappa shape index (κ1) is 14.9. The number of anilines is 1. The van der Waals surface area contributed by atoms with Crippen molar-refractivity contribution in [2.75, 3.05) is 24.7 Å². The molecule has 7 heteroatoms. The van der Waals surface area contributed by atoms with E-state index in [0.717, 1.165) is 32.2 Å². The summed E-state index contributed by atoms with van der Waals surface area (Å²) in [6, 6.07) is 2.95. The van der Waals surface area contributed by atoms with E-state index >= 15 is 0 Å². The van der Waals surface area contributed by atoms with Crippen LogP contribution in [0.5, 0.6) is 0 Å². The second-order valence-electron chi connectivity index (χ2n) is 5.10. The average Bonchev–Trinajstić information content (AvgIpc) is 2.89. The Morgan fingerprint density at radius 1 is 1.50 bits per heavy atom. The van der Waals surface area contributed by atoms with Gasteiger partial charge in [-0.1, -0.05) is 0 Å². The molecule has 0 saturated carbocycles. The van der Waals surface area contributed by atoms with Crippen LogP contribution in [0, 0.1) is 5.92 Å². The SMILES string of the molecule is CS(=O)(=O)c1ccc(NC(=O)CCC2CCNC2)cn1. The van der Waals surface area contributed by atoms with Gasteiger partial charge in [0, 0.05) is 12.7 Å². The number of amides is 1. The average molecular weight is 297 g/mol. The van der Waals surface area contributed by atoms with Crippen LogP contribution >= 0.6 is 0 Å². The highest BCUT2D eigenvalue weighted by molar-refractivity contribution is 7.90. The Morgan fingerprint density at radius 3 is 2.85 bits per heavy atom. The minimum absolute atomic E-state index is 0.00697. The van der Waals surface area contributed by atoms with E-state index < -0.39 is 9.84 Å². The van der Waals surface area contributed by atoms with Gasteiger partial charge in [0.05, 0.1) is 11.9 Å². The number of carbonyl (C=O) groups excluding carboxylic acids is 1. The van der Waals surface area contributed by atoms with E-state index in [1.165, 1.54) is 12.3 Å². The molecule has 1 saturated heterocycles. The zero-order valence-corrected chi connectivity index (χ0v) is 12.2. The molecule has 2 rings (SSSR count). The van der Waals surface area contributed by atoms with Gasteiger partial charge in [-0.2, -0.15) is 0 Å². The van der Waals surface area contributed by atoms with E-state index in [-0.39, 0.29) is 10.9 Å². The maximum absolute atomic E-state index is 11.8. The van der Waals surface area contributed by atoms with Gasteiger partial charge < -0.3 is 10.6 Å². The fraction of sp³-hybridized carbons (Fsp3) is 0.538. The number of pyridine rings is 1. The van der Waals surface area contributed by atoms with Gasteiger partial charge >= 0.3 is 0 Å². The van der Waals surface area contributed by atoms with Crippen LogP contribution in [-0.4, -0.2) is 38.7 Å². The quantitative estimate of drug-likeness (QED) is 0.840. The maximum atomic E-state index is 11.8. The van der Waals surface area contributed by atoms with Crippen molar-refractivity contribution in [1.82, 2.24) is 10.3 Å². The zero-order chi connectivity index (χ0) is 14.6. The molecule has 1 aliphatic heterocycles. The first-order chi connectivity index (χ1) is 9.45. The predicted octanol–water partition coefficient (Wildman–Crippen LogP) is 0.813. The molecule has 0 aliphatic carbocycles. The molecule has 110 valence electrons. The number of rotatable bonds is 5. The lowest BCUT2D eigenvalue weighted by Gasteiger charge is -2.08. The van der Waals surface area contributed by atoms with Crippen LogP contribution in [0.4, 0.5) is 5.69 Å². The Hall–Kier alpha value is -1.47. The lowest BCUT2D eigenvalue weighted by Crippen LogP contribution is -2.15. The van der Waals surface area contributed by atoms with Crippen molar-refractivity contribution in [2.24, 2.45) is 5.92 Å². The van der Waals surface area contributed by atoms with Gasteiger partial charge in [-0.3, -0.25) is 4.79 Å². The molecule has 0 spiro atoms. The molecule has 20 heavy (non-hydrogen) atoms.